The molecule has 2 aromatic carbocycles. The van der Waals surface area contributed by atoms with Gasteiger partial charge in [-0.3, -0.25) is 0 Å². The van der Waals surface area contributed by atoms with Crippen LogP contribution in [-0.4, -0.2) is 18.2 Å². The van der Waals surface area contributed by atoms with E-state index < -0.39 is 5.97 Å². The maximum atomic E-state index is 11.9. The molecule has 1 aliphatic rings. The van der Waals surface area contributed by atoms with Crippen molar-refractivity contribution in [2.45, 2.75) is 18.9 Å². The summed E-state index contributed by atoms with van der Waals surface area (Å²) in [5.41, 5.74) is 1.94. The van der Waals surface area contributed by atoms with Crippen LogP contribution in [0.1, 0.15) is 40.4 Å². The van der Waals surface area contributed by atoms with Crippen LogP contribution in [0.2, 0.25) is 0 Å². The summed E-state index contributed by atoms with van der Waals surface area (Å²) in [4.78, 5) is 11.9. The Morgan fingerprint density at radius 2 is 1.90 bits per heavy atom. The Morgan fingerprint density at radius 1 is 1.19 bits per heavy atom. The van der Waals surface area contributed by atoms with Gasteiger partial charge >= 0.3 is 5.97 Å². The second kappa shape index (κ2) is 5.13. The largest absolute Gasteiger partial charge is 0.507 e. The van der Waals surface area contributed by atoms with Crippen LogP contribution < -0.4 is 4.74 Å². The molecular weight excluding hydrogens is 268 g/mol. The SMILES string of the molecule is COC(=O)c1c(O)ccc2c1[C@@H](C)[C@H](c1ccccc1)O2. The van der Waals surface area contributed by atoms with Crippen LogP contribution in [0.3, 0.4) is 0 Å². The fourth-order valence-corrected chi connectivity index (χ4v) is 2.85. The van der Waals surface area contributed by atoms with Crippen molar-refractivity contribution in [1.82, 2.24) is 0 Å². The Balaban J connectivity index is 2.08. The third-order valence-electron chi connectivity index (χ3n) is 3.86. The summed E-state index contributed by atoms with van der Waals surface area (Å²) in [6.45, 7) is 1.98. The number of carbonyl (C=O) groups is 1. The molecule has 1 heterocycles. The zero-order valence-corrected chi connectivity index (χ0v) is 11.9. The minimum atomic E-state index is -0.548. The summed E-state index contributed by atoms with van der Waals surface area (Å²) in [5, 5.41) is 9.99. The van der Waals surface area contributed by atoms with Crippen LogP contribution in [0.5, 0.6) is 11.5 Å². The van der Waals surface area contributed by atoms with Crippen molar-refractivity contribution >= 4 is 5.97 Å². The van der Waals surface area contributed by atoms with E-state index >= 15 is 0 Å². The predicted molar refractivity (Wildman–Crippen MR) is 77.7 cm³/mol. The molecule has 2 aromatic rings. The summed E-state index contributed by atoms with van der Waals surface area (Å²) in [6.07, 6.45) is -0.175. The van der Waals surface area contributed by atoms with Gasteiger partial charge in [0, 0.05) is 11.5 Å². The van der Waals surface area contributed by atoms with E-state index in [0.29, 0.717) is 11.3 Å². The number of fused-ring (bicyclic) bond motifs is 1. The lowest BCUT2D eigenvalue weighted by Crippen LogP contribution is -2.10. The molecule has 4 heteroatoms. The molecule has 2 atom stereocenters. The number of esters is 1. The Kier molecular flexibility index (Phi) is 3.29. The molecule has 0 radical (unpaired) electrons. The highest BCUT2D eigenvalue weighted by Crippen LogP contribution is 2.49. The van der Waals surface area contributed by atoms with Gasteiger partial charge in [0.1, 0.15) is 23.2 Å². The molecule has 3 rings (SSSR count). The molecular formula is C17H16O4. The molecule has 0 saturated carbocycles. The Labute approximate surface area is 122 Å². The summed E-state index contributed by atoms with van der Waals surface area (Å²) in [5.74, 6) is -0.0589. The number of hydrogen-bond acceptors (Lipinski definition) is 4. The van der Waals surface area contributed by atoms with Crippen molar-refractivity contribution < 1.29 is 19.4 Å². The highest BCUT2D eigenvalue weighted by molar-refractivity contribution is 5.95. The fraction of sp³-hybridized carbons (Fsp3) is 0.235. The first-order valence-electron chi connectivity index (χ1n) is 6.79. The van der Waals surface area contributed by atoms with Crippen molar-refractivity contribution in [2.24, 2.45) is 0 Å². The van der Waals surface area contributed by atoms with E-state index in [2.05, 4.69) is 0 Å². The number of benzene rings is 2. The van der Waals surface area contributed by atoms with E-state index in [4.69, 9.17) is 9.47 Å². The Hall–Kier alpha value is -2.49. The molecule has 4 nitrogen and oxygen atoms in total. The number of methoxy groups -OCH3 is 1. The van der Waals surface area contributed by atoms with E-state index in [-0.39, 0.29) is 23.3 Å². The van der Waals surface area contributed by atoms with Gasteiger partial charge in [0.05, 0.1) is 7.11 Å². The summed E-state index contributed by atoms with van der Waals surface area (Å²) in [7, 11) is 1.30. The minimum Gasteiger partial charge on any atom is -0.507 e. The summed E-state index contributed by atoms with van der Waals surface area (Å²) >= 11 is 0. The number of aromatic hydroxyl groups is 1. The van der Waals surface area contributed by atoms with Crippen LogP contribution in [0.4, 0.5) is 0 Å². The van der Waals surface area contributed by atoms with Gasteiger partial charge in [0.25, 0.3) is 0 Å². The standard InChI is InChI=1S/C17H16O4/c1-10-14-13(9-8-12(18)15(14)17(19)20-2)21-16(10)11-6-4-3-5-7-11/h3-10,16,18H,1-2H3/t10-,16-/m1/s1. The van der Waals surface area contributed by atoms with Crippen molar-refractivity contribution in [2.75, 3.05) is 7.11 Å². The molecule has 21 heavy (non-hydrogen) atoms. The monoisotopic (exact) mass is 284 g/mol. The van der Waals surface area contributed by atoms with Crippen LogP contribution in [0.15, 0.2) is 42.5 Å². The van der Waals surface area contributed by atoms with Crippen LogP contribution >= 0.6 is 0 Å². The number of phenolic OH excluding ortho intramolecular Hbond substituents is 1. The Bertz CT molecular complexity index is 679. The lowest BCUT2D eigenvalue weighted by atomic mass is 9.89. The predicted octanol–water partition coefficient (Wildman–Crippen LogP) is 3.42. The van der Waals surface area contributed by atoms with E-state index in [1.54, 1.807) is 6.07 Å². The highest BCUT2D eigenvalue weighted by Gasteiger charge is 2.37. The van der Waals surface area contributed by atoms with Gasteiger partial charge in [-0.25, -0.2) is 4.79 Å². The first kappa shape index (κ1) is 13.5. The molecule has 0 bridgehead atoms. The van der Waals surface area contributed by atoms with Crippen molar-refractivity contribution in [1.29, 1.82) is 0 Å². The number of phenols is 1. The molecule has 0 aromatic heterocycles. The second-order valence-corrected chi connectivity index (χ2v) is 5.10. The van der Waals surface area contributed by atoms with E-state index in [9.17, 15) is 9.90 Å². The number of ether oxygens (including phenoxy) is 2. The Morgan fingerprint density at radius 3 is 2.57 bits per heavy atom. The fourth-order valence-electron chi connectivity index (χ4n) is 2.85. The topological polar surface area (TPSA) is 55.8 Å². The zero-order valence-electron chi connectivity index (χ0n) is 11.9. The molecule has 0 unspecified atom stereocenters. The van der Waals surface area contributed by atoms with Crippen molar-refractivity contribution in [3.8, 4) is 11.5 Å². The van der Waals surface area contributed by atoms with Crippen molar-refractivity contribution in [3.63, 3.8) is 0 Å². The van der Waals surface area contributed by atoms with Gasteiger partial charge in [0.15, 0.2) is 0 Å². The number of rotatable bonds is 2. The van der Waals surface area contributed by atoms with Gasteiger partial charge in [0.2, 0.25) is 0 Å². The maximum Gasteiger partial charge on any atom is 0.342 e. The molecule has 0 spiro atoms. The van der Waals surface area contributed by atoms with E-state index in [1.165, 1.54) is 13.2 Å². The number of carbonyl (C=O) groups excluding carboxylic acids is 1. The third-order valence-corrected chi connectivity index (χ3v) is 3.86. The zero-order chi connectivity index (χ0) is 15.0. The lowest BCUT2D eigenvalue weighted by molar-refractivity contribution is 0.0596. The van der Waals surface area contributed by atoms with Crippen LogP contribution in [-0.2, 0) is 4.74 Å². The molecule has 0 aliphatic carbocycles. The maximum absolute atomic E-state index is 11.9. The molecule has 1 N–H and O–H groups in total. The number of hydrogen-bond donors (Lipinski definition) is 1. The first-order chi connectivity index (χ1) is 10.1. The highest BCUT2D eigenvalue weighted by atomic mass is 16.5. The average molecular weight is 284 g/mol. The second-order valence-electron chi connectivity index (χ2n) is 5.10. The molecule has 1 aliphatic heterocycles. The average Bonchev–Trinajstić information content (AvgIpc) is 2.85. The van der Waals surface area contributed by atoms with Crippen LogP contribution in [0.25, 0.3) is 0 Å². The summed E-state index contributed by atoms with van der Waals surface area (Å²) < 4.78 is 10.8. The molecule has 108 valence electrons. The van der Waals surface area contributed by atoms with Crippen LogP contribution in [0, 0.1) is 0 Å². The van der Waals surface area contributed by atoms with Gasteiger partial charge in [-0.15, -0.1) is 0 Å². The lowest BCUT2D eigenvalue weighted by Gasteiger charge is -2.16. The smallest absolute Gasteiger partial charge is 0.342 e. The normalized spacial score (nSPS) is 19.7. The molecule has 0 saturated heterocycles. The van der Waals surface area contributed by atoms with E-state index in [0.717, 1.165) is 5.56 Å². The molecule has 0 amide bonds. The van der Waals surface area contributed by atoms with Gasteiger partial charge < -0.3 is 14.6 Å². The first-order valence-corrected chi connectivity index (χ1v) is 6.79. The van der Waals surface area contributed by atoms with Gasteiger partial charge in [-0.2, -0.15) is 0 Å². The van der Waals surface area contributed by atoms with E-state index in [1.807, 2.05) is 37.3 Å². The quantitative estimate of drug-likeness (QED) is 0.859. The van der Waals surface area contributed by atoms with Gasteiger partial charge in [-0.05, 0) is 17.7 Å². The van der Waals surface area contributed by atoms with Gasteiger partial charge in [-0.1, -0.05) is 37.3 Å². The third kappa shape index (κ3) is 2.13. The molecule has 0 fully saturated rings. The minimum absolute atomic E-state index is 0.0522. The summed E-state index contributed by atoms with van der Waals surface area (Å²) in [6, 6.07) is 13.0. The van der Waals surface area contributed by atoms with Crippen molar-refractivity contribution in [3.05, 3.63) is 59.2 Å².